The van der Waals surface area contributed by atoms with Crippen LogP contribution in [0.15, 0.2) is 73.1 Å². The van der Waals surface area contributed by atoms with Gasteiger partial charge in [-0.15, -0.1) is 0 Å². The molecule has 2 aromatic heterocycles. The highest BCUT2D eigenvalue weighted by Gasteiger charge is 2.21. The number of fused-ring (bicyclic) bond motifs is 1. The maximum Gasteiger partial charge on any atom is 0.215 e. The van der Waals surface area contributed by atoms with E-state index in [4.69, 9.17) is 23.2 Å². The Bertz CT molecular complexity index is 1100. The number of carbonyl (C=O) groups excluding carboxylic acids is 1. The van der Waals surface area contributed by atoms with Gasteiger partial charge in [0.2, 0.25) is 5.78 Å². The second kappa shape index (κ2) is 6.36. The van der Waals surface area contributed by atoms with Crippen molar-refractivity contribution in [3.8, 4) is 11.3 Å². The van der Waals surface area contributed by atoms with Crippen molar-refractivity contribution in [2.45, 2.75) is 0 Å². The highest BCUT2D eigenvalue weighted by Crippen LogP contribution is 2.29. The second-order valence-corrected chi connectivity index (χ2v) is 6.42. The quantitative estimate of drug-likeness (QED) is 0.446. The number of benzene rings is 2. The first-order valence-electron chi connectivity index (χ1n) is 7.66. The first kappa shape index (κ1) is 15.9. The molecule has 4 aromatic rings. The molecule has 122 valence electrons. The minimum atomic E-state index is -0.226. The van der Waals surface area contributed by atoms with Gasteiger partial charge in [-0.05, 0) is 36.4 Å². The molecular weight excluding hydrogens is 355 g/mol. The number of ketones is 1. The Morgan fingerprint density at radius 3 is 2.60 bits per heavy atom. The standard InChI is InChI=1S/C20H12Cl2N2O/c21-14-6-3-5-13(11-14)19-18(23-12-15-7-4-10-24(15)19)20(25)16-8-1-2-9-17(16)22/h1-12H. The van der Waals surface area contributed by atoms with E-state index >= 15 is 0 Å². The van der Waals surface area contributed by atoms with Crippen LogP contribution in [0, 0.1) is 0 Å². The zero-order valence-electron chi connectivity index (χ0n) is 13.0. The lowest BCUT2D eigenvalue weighted by atomic mass is 10.0. The Morgan fingerprint density at radius 2 is 1.80 bits per heavy atom. The summed E-state index contributed by atoms with van der Waals surface area (Å²) in [7, 11) is 0. The molecule has 0 fully saturated rings. The average molecular weight is 367 g/mol. The fourth-order valence-corrected chi connectivity index (χ4v) is 3.27. The van der Waals surface area contributed by atoms with Crippen molar-refractivity contribution in [2.24, 2.45) is 0 Å². The molecule has 0 aliphatic heterocycles. The molecule has 5 heteroatoms. The summed E-state index contributed by atoms with van der Waals surface area (Å²) < 4.78 is 1.93. The summed E-state index contributed by atoms with van der Waals surface area (Å²) in [6.45, 7) is 0. The fraction of sp³-hybridized carbons (Fsp3) is 0. The molecule has 0 bridgehead atoms. The number of halogens is 2. The first-order valence-corrected chi connectivity index (χ1v) is 8.42. The van der Waals surface area contributed by atoms with E-state index in [1.54, 1.807) is 36.5 Å². The van der Waals surface area contributed by atoms with E-state index in [0.29, 0.717) is 27.0 Å². The van der Waals surface area contributed by atoms with Gasteiger partial charge in [-0.2, -0.15) is 0 Å². The van der Waals surface area contributed by atoms with E-state index in [-0.39, 0.29) is 5.78 Å². The molecule has 0 unspecified atom stereocenters. The monoisotopic (exact) mass is 366 g/mol. The van der Waals surface area contributed by atoms with Crippen LogP contribution >= 0.6 is 23.2 Å². The number of nitrogens with zero attached hydrogens (tertiary/aromatic N) is 2. The fourth-order valence-electron chi connectivity index (χ4n) is 2.86. The summed E-state index contributed by atoms with van der Waals surface area (Å²) in [4.78, 5) is 17.5. The summed E-state index contributed by atoms with van der Waals surface area (Å²) in [5, 5.41) is 0.997. The molecular formula is C20H12Cl2N2O. The van der Waals surface area contributed by atoms with Gasteiger partial charge in [0.25, 0.3) is 0 Å². The summed E-state index contributed by atoms with van der Waals surface area (Å²) in [6.07, 6.45) is 3.58. The van der Waals surface area contributed by atoms with Gasteiger partial charge in [-0.3, -0.25) is 4.79 Å². The lowest BCUT2D eigenvalue weighted by Gasteiger charge is -2.12. The molecule has 3 nitrogen and oxygen atoms in total. The van der Waals surface area contributed by atoms with Crippen LogP contribution in [0.2, 0.25) is 10.0 Å². The van der Waals surface area contributed by atoms with Crippen LogP contribution in [0.25, 0.3) is 16.8 Å². The normalized spacial score (nSPS) is 11.0. The van der Waals surface area contributed by atoms with Gasteiger partial charge in [0.05, 0.1) is 22.4 Å². The average Bonchev–Trinajstić information content (AvgIpc) is 3.09. The first-order chi connectivity index (χ1) is 12.1. The number of aromatic nitrogens is 2. The van der Waals surface area contributed by atoms with E-state index in [2.05, 4.69) is 4.98 Å². The van der Waals surface area contributed by atoms with Crippen LogP contribution in [0.3, 0.4) is 0 Å². The van der Waals surface area contributed by atoms with Crippen LogP contribution in [0.5, 0.6) is 0 Å². The molecule has 0 spiro atoms. The third kappa shape index (κ3) is 2.82. The molecule has 0 radical (unpaired) electrons. The minimum absolute atomic E-state index is 0.226. The molecule has 2 heterocycles. The van der Waals surface area contributed by atoms with Crippen LogP contribution in [-0.2, 0) is 0 Å². The van der Waals surface area contributed by atoms with Crippen molar-refractivity contribution in [2.75, 3.05) is 0 Å². The smallest absolute Gasteiger partial charge is 0.215 e. The van der Waals surface area contributed by atoms with Crippen LogP contribution < -0.4 is 0 Å². The third-order valence-electron chi connectivity index (χ3n) is 4.00. The number of hydrogen-bond acceptors (Lipinski definition) is 2. The largest absolute Gasteiger partial charge is 0.313 e. The Labute approximate surface area is 154 Å². The number of rotatable bonds is 3. The molecule has 0 atom stereocenters. The second-order valence-electron chi connectivity index (χ2n) is 5.58. The molecule has 0 aliphatic carbocycles. The van der Waals surface area contributed by atoms with Gasteiger partial charge in [-0.1, -0.05) is 47.5 Å². The van der Waals surface area contributed by atoms with E-state index in [9.17, 15) is 4.79 Å². The lowest BCUT2D eigenvalue weighted by Crippen LogP contribution is -2.10. The summed E-state index contributed by atoms with van der Waals surface area (Å²) in [5.74, 6) is -0.226. The summed E-state index contributed by atoms with van der Waals surface area (Å²) >= 11 is 12.4. The van der Waals surface area contributed by atoms with Crippen LogP contribution in [0.4, 0.5) is 0 Å². The molecule has 0 saturated heterocycles. The molecule has 0 saturated carbocycles. The molecule has 4 rings (SSSR count). The topological polar surface area (TPSA) is 34.4 Å². The number of carbonyl (C=O) groups is 1. The third-order valence-corrected chi connectivity index (χ3v) is 4.57. The zero-order valence-corrected chi connectivity index (χ0v) is 14.5. The van der Waals surface area contributed by atoms with Crippen LogP contribution in [0.1, 0.15) is 16.1 Å². The molecule has 2 aromatic carbocycles. The Morgan fingerprint density at radius 1 is 0.960 bits per heavy atom. The van der Waals surface area contributed by atoms with E-state index in [1.165, 1.54) is 0 Å². The minimum Gasteiger partial charge on any atom is -0.313 e. The van der Waals surface area contributed by atoms with E-state index in [0.717, 1.165) is 11.1 Å². The van der Waals surface area contributed by atoms with Crippen molar-refractivity contribution >= 4 is 34.5 Å². The molecule has 0 amide bonds. The van der Waals surface area contributed by atoms with Crippen molar-refractivity contribution in [1.29, 1.82) is 0 Å². The predicted octanol–water partition coefficient (Wildman–Crippen LogP) is 5.54. The Balaban J connectivity index is 2.00. The Kier molecular flexibility index (Phi) is 4.04. The highest BCUT2D eigenvalue weighted by atomic mass is 35.5. The van der Waals surface area contributed by atoms with Gasteiger partial charge < -0.3 is 4.40 Å². The highest BCUT2D eigenvalue weighted by molar-refractivity contribution is 6.35. The van der Waals surface area contributed by atoms with Gasteiger partial charge in [-0.25, -0.2) is 4.98 Å². The Hall–Kier alpha value is -2.62. The summed E-state index contributed by atoms with van der Waals surface area (Å²) in [5.41, 5.74) is 3.16. The van der Waals surface area contributed by atoms with E-state index < -0.39 is 0 Å². The molecule has 25 heavy (non-hydrogen) atoms. The maximum absolute atomic E-state index is 13.1. The zero-order chi connectivity index (χ0) is 17.4. The van der Waals surface area contributed by atoms with Crippen molar-refractivity contribution in [1.82, 2.24) is 9.38 Å². The summed E-state index contributed by atoms with van der Waals surface area (Å²) in [6, 6.07) is 18.2. The van der Waals surface area contributed by atoms with Gasteiger partial charge in [0.1, 0.15) is 5.69 Å². The molecule has 0 aliphatic rings. The van der Waals surface area contributed by atoms with Gasteiger partial charge >= 0.3 is 0 Å². The predicted molar refractivity (Wildman–Crippen MR) is 101 cm³/mol. The SMILES string of the molecule is O=C(c1ccccc1Cl)c1ncc2cccn2c1-c1cccc(Cl)c1. The van der Waals surface area contributed by atoms with Crippen molar-refractivity contribution in [3.05, 3.63) is 94.4 Å². The van der Waals surface area contributed by atoms with Gasteiger partial charge in [0.15, 0.2) is 0 Å². The number of hydrogen-bond donors (Lipinski definition) is 0. The lowest BCUT2D eigenvalue weighted by molar-refractivity contribution is 0.103. The van der Waals surface area contributed by atoms with Gasteiger partial charge in [0, 0.05) is 22.3 Å². The molecule has 0 N–H and O–H groups in total. The van der Waals surface area contributed by atoms with Crippen LogP contribution in [-0.4, -0.2) is 15.2 Å². The van der Waals surface area contributed by atoms with Crippen molar-refractivity contribution < 1.29 is 4.79 Å². The van der Waals surface area contributed by atoms with E-state index in [1.807, 2.05) is 40.9 Å². The maximum atomic E-state index is 13.1. The van der Waals surface area contributed by atoms with Crippen molar-refractivity contribution in [3.63, 3.8) is 0 Å².